The summed E-state index contributed by atoms with van der Waals surface area (Å²) in [5, 5.41) is 2.89. The maximum atomic E-state index is 14.0. The van der Waals surface area contributed by atoms with Crippen LogP contribution in [0.1, 0.15) is 41.5 Å². The minimum absolute atomic E-state index is 0.0276. The molecule has 35 heavy (non-hydrogen) atoms. The van der Waals surface area contributed by atoms with E-state index in [4.69, 9.17) is 0 Å². The molecule has 2 atom stereocenters. The molecule has 2 aromatic carbocycles. The van der Waals surface area contributed by atoms with Crippen molar-refractivity contribution >= 4 is 27.7 Å². The Balaban J connectivity index is 1.48. The Hall–Kier alpha value is -3.20. The average molecular weight is 496 g/mol. The van der Waals surface area contributed by atoms with Crippen LogP contribution in [0.2, 0.25) is 0 Å². The highest BCUT2D eigenvalue weighted by atomic mass is 32.2. The molecule has 4 amide bonds. The molecule has 0 spiro atoms. The number of benzene rings is 2. The summed E-state index contributed by atoms with van der Waals surface area (Å²) in [6.45, 7) is 3.50. The van der Waals surface area contributed by atoms with Crippen molar-refractivity contribution in [3.63, 3.8) is 0 Å². The average Bonchev–Trinajstić information content (AvgIpc) is 3.54. The van der Waals surface area contributed by atoms with Gasteiger partial charge in [0.05, 0.1) is 11.5 Å². The number of hydrogen-bond donors (Lipinski definition) is 1. The minimum atomic E-state index is -3.18. The van der Waals surface area contributed by atoms with E-state index in [0.29, 0.717) is 17.5 Å². The number of nitrogens with one attached hydrogen (secondary N) is 1. The highest BCUT2D eigenvalue weighted by molar-refractivity contribution is 7.91. The molecule has 3 fully saturated rings. The van der Waals surface area contributed by atoms with Gasteiger partial charge in [0.25, 0.3) is 5.91 Å². The van der Waals surface area contributed by atoms with Gasteiger partial charge in [0.15, 0.2) is 15.4 Å². The first-order valence-electron chi connectivity index (χ1n) is 11.9. The zero-order valence-corrected chi connectivity index (χ0v) is 20.7. The van der Waals surface area contributed by atoms with Gasteiger partial charge in [0.1, 0.15) is 6.54 Å². The highest BCUT2D eigenvalue weighted by Gasteiger charge is 2.55. The van der Waals surface area contributed by atoms with Gasteiger partial charge in [-0.1, -0.05) is 48.5 Å². The third-order valence-corrected chi connectivity index (χ3v) is 9.13. The number of sulfone groups is 1. The summed E-state index contributed by atoms with van der Waals surface area (Å²) in [7, 11) is -3.18. The molecular weight excluding hydrogens is 466 g/mol. The Morgan fingerprint density at radius 3 is 2.31 bits per heavy atom. The predicted octanol–water partition coefficient (Wildman–Crippen LogP) is 2.28. The number of imide groups is 1. The van der Waals surface area contributed by atoms with Crippen LogP contribution >= 0.6 is 0 Å². The van der Waals surface area contributed by atoms with Crippen LogP contribution in [0.15, 0.2) is 48.5 Å². The smallest absolute Gasteiger partial charge is 0.326 e. The molecule has 5 rings (SSSR count). The minimum Gasteiger partial charge on any atom is -0.334 e. The van der Waals surface area contributed by atoms with E-state index in [2.05, 4.69) is 5.32 Å². The van der Waals surface area contributed by atoms with Crippen LogP contribution in [0, 0.1) is 13.8 Å². The molecule has 3 aliphatic rings. The molecule has 0 aromatic heterocycles. The van der Waals surface area contributed by atoms with Crippen LogP contribution in [-0.4, -0.2) is 66.2 Å². The van der Waals surface area contributed by atoms with Crippen LogP contribution in [0.25, 0.3) is 0 Å². The van der Waals surface area contributed by atoms with Gasteiger partial charge in [-0.3, -0.25) is 14.5 Å². The van der Waals surface area contributed by atoms with E-state index in [1.54, 1.807) is 29.2 Å². The second-order valence-corrected chi connectivity index (χ2v) is 12.1. The zero-order valence-electron chi connectivity index (χ0n) is 19.9. The third-order valence-electron chi connectivity index (χ3n) is 7.38. The predicted molar refractivity (Wildman–Crippen MR) is 130 cm³/mol. The van der Waals surface area contributed by atoms with Gasteiger partial charge in [-0.05, 0) is 55.4 Å². The number of nitrogens with zero attached hydrogens (tertiary/aromatic N) is 2. The monoisotopic (exact) mass is 495 g/mol. The first-order valence-corrected chi connectivity index (χ1v) is 13.7. The number of hydrogen-bond acceptors (Lipinski definition) is 5. The maximum absolute atomic E-state index is 14.0. The van der Waals surface area contributed by atoms with E-state index in [1.807, 2.05) is 38.1 Å². The lowest BCUT2D eigenvalue weighted by Crippen LogP contribution is -2.49. The van der Waals surface area contributed by atoms with Gasteiger partial charge in [-0.15, -0.1) is 0 Å². The molecule has 0 radical (unpaired) electrons. The summed E-state index contributed by atoms with van der Waals surface area (Å²) in [5.41, 5.74) is 1.83. The molecule has 184 valence electrons. The number of amides is 4. The number of rotatable bonds is 6. The van der Waals surface area contributed by atoms with E-state index in [0.717, 1.165) is 28.9 Å². The molecule has 2 heterocycles. The lowest BCUT2D eigenvalue weighted by Gasteiger charge is -2.30. The highest BCUT2D eigenvalue weighted by Crippen LogP contribution is 2.38. The standard InChI is InChI=1S/C26H29N3O5S/c1-17-8-9-20(14-18(17)2)26(19-6-4-3-5-7-19)24(31)28(25(32)27-26)15-23(30)29(21-10-11-21)22-12-13-35(33,34)16-22/h3-9,14,21-22H,10-13,15-16H2,1-2H3,(H,27,32)/t22-,26+/m1/s1. The van der Waals surface area contributed by atoms with E-state index in [1.165, 1.54) is 0 Å². The van der Waals surface area contributed by atoms with Crippen LogP contribution < -0.4 is 5.32 Å². The Labute approximate surface area is 205 Å². The van der Waals surface area contributed by atoms with Crippen molar-refractivity contribution in [1.82, 2.24) is 15.1 Å². The number of urea groups is 1. The molecule has 2 saturated heterocycles. The molecule has 1 aliphatic carbocycles. The van der Waals surface area contributed by atoms with Gasteiger partial charge in [0, 0.05) is 12.1 Å². The molecule has 0 bridgehead atoms. The lowest BCUT2D eigenvalue weighted by atomic mass is 9.81. The molecular formula is C26H29N3O5S. The number of carbonyl (C=O) groups excluding carboxylic acids is 3. The third kappa shape index (κ3) is 4.11. The largest absolute Gasteiger partial charge is 0.334 e. The normalized spacial score (nSPS) is 25.5. The van der Waals surface area contributed by atoms with Crippen LogP contribution in [0.4, 0.5) is 4.79 Å². The Morgan fingerprint density at radius 2 is 1.71 bits per heavy atom. The maximum Gasteiger partial charge on any atom is 0.326 e. The summed E-state index contributed by atoms with van der Waals surface area (Å²) in [6, 6.07) is 13.6. The van der Waals surface area contributed by atoms with E-state index in [-0.39, 0.29) is 23.5 Å². The van der Waals surface area contributed by atoms with Crippen LogP contribution in [0.5, 0.6) is 0 Å². The van der Waals surface area contributed by atoms with Crippen molar-refractivity contribution in [3.05, 3.63) is 70.8 Å². The van der Waals surface area contributed by atoms with Gasteiger partial charge >= 0.3 is 6.03 Å². The fourth-order valence-electron chi connectivity index (χ4n) is 5.21. The Kier molecular flexibility index (Phi) is 5.70. The van der Waals surface area contributed by atoms with Crippen molar-refractivity contribution in [2.75, 3.05) is 18.1 Å². The number of aryl methyl sites for hydroxylation is 2. The molecule has 1 N–H and O–H groups in total. The van der Waals surface area contributed by atoms with Gasteiger partial charge in [-0.2, -0.15) is 0 Å². The molecule has 0 unspecified atom stereocenters. The topological polar surface area (TPSA) is 104 Å². The summed E-state index contributed by atoms with van der Waals surface area (Å²) in [6.07, 6.45) is 2.00. The Bertz CT molecular complexity index is 1310. The van der Waals surface area contributed by atoms with Crippen LogP contribution in [-0.2, 0) is 25.0 Å². The molecule has 1 saturated carbocycles. The summed E-state index contributed by atoms with van der Waals surface area (Å²) in [5.74, 6) is -0.908. The molecule has 2 aromatic rings. The van der Waals surface area contributed by atoms with Crippen molar-refractivity contribution in [2.45, 2.75) is 50.7 Å². The fraction of sp³-hybridized carbons (Fsp3) is 0.423. The molecule has 9 heteroatoms. The van der Waals surface area contributed by atoms with Gasteiger partial charge < -0.3 is 10.2 Å². The van der Waals surface area contributed by atoms with Crippen molar-refractivity contribution < 1.29 is 22.8 Å². The fourth-order valence-corrected chi connectivity index (χ4v) is 6.92. The van der Waals surface area contributed by atoms with Gasteiger partial charge in [0.2, 0.25) is 5.91 Å². The lowest BCUT2D eigenvalue weighted by molar-refractivity contribution is -0.140. The first-order chi connectivity index (χ1) is 16.6. The molecule has 2 aliphatic heterocycles. The van der Waals surface area contributed by atoms with Crippen molar-refractivity contribution in [2.24, 2.45) is 0 Å². The SMILES string of the molecule is Cc1ccc([C@]2(c3ccccc3)NC(=O)N(CC(=O)N(C3CC3)[C@@H]3CCS(=O)(=O)C3)C2=O)cc1C. The van der Waals surface area contributed by atoms with E-state index in [9.17, 15) is 22.8 Å². The summed E-state index contributed by atoms with van der Waals surface area (Å²) >= 11 is 0. The van der Waals surface area contributed by atoms with Crippen molar-refractivity contribution in [3.8, 4) is 0 Å². The van der Waals surface area contributed by atoms with Gasteiger partial charge in [-0.25, -0.2) is 13.2 Å². The zero-order chi connectivity index (χ0) is 25.0. The second-order valence-electron chi connectivity index (χ2n) is 9.83. The summed E-state index contributed by atoms with van der Waals surface area (Å²) < 4.78 is 24.1. The Morgan fingerprint density at radius 1 is 1.00 bits per heavy atom. The quantitative estimate of drug-likeness (QED) is 0.620. The first kappa shape index (κ1) is 23.5. The van der Waals surface area contributed by atoms with Crippen molar-refractivity contribution in [1.29, 1.82) is 0 Å². The van der Waals surface area contributed by atoms with E-state index < -0.39 is 39.9 Å². The molecule has 8 nitrogen and oxygen atoms in total. The second kappa shape index (κ2) is 8.48. The number of carbonyl (C=O) groups is 3. The van der Waals surface area contributed by atoms with Crippen LogP contribution in [0.3, 0.4) is 0 Å². The summed E-state index contributed by atoms with van der Waals surface area (Å²) in [4.78, 5) is 43.2. The van der Waals surface area contributed by atoms with E-state index >= 15 is 0 Å².